The molecular weight excluding hydrogens is 254 g/mol. The van der Waals surface area contributed by atoms with E-state index in [0.717, 1.165) is 19.3 Å². The van der Waals surface area contributed by atoms with Gasteiger partial charge in [0.05, 0.1) is 11.8 Å². The summed E-state index contributed by atoms with van der Waals surface area (Å²) in [4.78, 5) is 23.6. The summed E-state index contributed by atoms with van der Waals surface area (Å²) in [6.07, 6.45) is 9.39. The number of hydrogen-bond acceptors (Lipinski definition) is 2. The first-order valence-electron chi connectivity index (χ1n) is 8.02. The Morgan fingerprint density at radius 1 is 1.05 bits per heavy atom. The fourth-order valence-electron chi connectivity index (χ4n) is 3.75. The Kier molecular flexibility index (Phi) is 5.06. The van der Waals surface area contributed by atoms with Gasteiger partial charge >= 0.3 is 5.97 Å². The van der Waals surface area contributed by atoms with E-state index in [-0.39, 0.29) is 17.2 Å². The van der Waals surface area contributed by atoms with Crippen LogP contribution in [0.5, 0.6) is 0 Å². The number of nitrogens with one attached hydrogen (secondary N) is 1. The van der Waals surface area contributed by atoms with Gasteiger partial charge in [0.1, 0.15) is 0 Å². The van der Waals surface area contributed by atoms with E-state index in [9.17, 15) is 14.7 Å². The molecule has 0 aliphatic heterocycles. The second-order valence-corrected chi connectivity index (χ2v) is 6.92. The largest absolute Gasteiger partial charge is 0.481 e. The van der Waals surface area contributed by atoms with Gasteiger partial charge in [-0.25, -0.2) is 0 Å². The van der Waals surface area contributed by atoms with Crippen molar-refractivity contribution in [2.24, 2.45) is 17.3 Å². The Morgan fingerprint density at radius 2 is 1.65 bits per heavy atom. The number of carbonyl (C=O) groups is 2. The molecule has 2 fully saturated rings. The van der Waals surface area contributed by atoms with Crippen LogP contribution in [0.25, 0.3) is 0 Å². The Hall–Kier alpha value is -1.06. The molecule has 0 unspecified atom stereocenters. The molecule has 0 bridgehead atoms. The van der Waals surface area contributed by atoms with Gasteiger partial charge in [0.2, 0.25) is 5.91 Å². The highest BCUT2D eigenvalue weighted by Gasteiger charge is 2.36. The second-order valence-electron chi connectivity index (χ2n) is 6.92. The highest BCUT2D eigenvalue weighted by molar-refractivity contribution is 5.84. The molecule has 1 amide bonds. The van der Waals surface area contributed by atoms with Crippen LogP contribution in [-0.4, -0.2) is 23.5 Å². The molecule has 114 valence electrons. The molecule has 0 spiro atoms. The summed E-state index contributed by atoms with van der Waals surface area (Å²) in [5.41, 5.74) is 0.210. The van der Waals surface area contributed by atoms with Crippen LogP contribution in [-0.2, 0) is 9.59 Å². The topological polar surface area (TPSA) is 66.4 Å². The second kappa shape index (κ2) is 6.59. The van der Waals surface area contributed by atoms with E-state index < -0.39 is 11.9 Å². The molecule has 0 heterocycles. The lowest BCUT2D eigenvalue weighted by molar-refractivity contribution is -0.149. The van der Waals surface area contributed by atoms with Crippen molar-refractivity contribution < 1.29 is 14.7 Å². The first kappa shape index (κ1) is 15.3. The molecule has 4 nitrogen and oxygen atoms in total. The zero-order valence-electron chi connectivity index (χ0n) is 12.5. The minimum Gasteiger partial charge on any atom is -0.481 e. The molecule has 0 saturated heterocycles. The van der Waals surface area contributed by atoms with Crippen molar-refractivity contribution in [3.8, 4) is 0 Å². The van der Waals surface area contributed by atoms with E-state index >= 15 is 0 Å². The minimum absolute atomic E-state index is 0.0381. The van der Waals surface area contributed by atoms with Gasteiger partial charge in [0.15, 0.2) is 0 Å². The third kappa shape index (κ3) is 3.74. The summed E-state index contributed by atoms with van der Waals surface area (Å²) in [6.45, 7) is 2.94. The number of amides is 1. The van der Waals surface area contributed by atoms with Crippen LogP contribution in [0.4, 0.5) is 0 Å². The number of carbonyl (C=O) groups excluding carboxylic acids is 1. The zero-order valence-corrected chi connectivity index (χ0v) is 12.5. The summed E-state index contributed by atoms with van der Waals surface area (Å²) in [7, 11) is 0. The number of rotatable bonds is 4. The van der Waals surface area contributed by atoms with Crippen LogP contribution < -0.4 is 5.32 Å². The maximum Gasteiger partial charge on any atom is 0.307 e. The number of aliphatic carboxylic acids is 1. The van der Waals surface area contributed by atoms with Crippen molar-refractivity contribution in [3.05, 3.63) is 0 Å². The summed E-state index contributed by atoms with van der Waals surface area (Å²) < 4.78 is 0. The van der Waals surface area contributed by atoms with Gasteiger partial charge in [-0.05, 0) is 31.1 Å². The molecule has 0 aromatic rings. The number of hydrogen-bond donors (Lipinski definition) is 2. The van der Waals surface area contributed by atoms with E-state index in [1.807, 2.05) is 0 Å². The minimum atomic E-state index is -0.811. The SMILES string of the molecule is CC1(CNC(=O)[C@@H]2CCCC[C@@H]2C(=O)O)CCCCC1. The molecule has 2 aliphatic carbocycles. The summed E-state index contributed by atoms with van der Waals surface area (Å²) in [5.74, 6) is -1.66. The van der Waals surface area contributed by atoms with Crippen LogP contribution >= 0.6 is 0 Å². The van der Waals surface area contributed by atoms with Crippen molar-refractivity contribution in [1.82, 2.24) is 5.32 Å². The highest BCUT2D eigenvalue weighted by Crippen LogP contribution is 2.35. The molecule has 20 heavy (non-hydrogen) atoms. The van der Waals surface area contributed by atoms with Crippen LogP contribution in [0.1, 0.15) is 64.7 Å². The standard InChI is InChI=1S/C16H27NO3/c1-16(9-5-2-6-10-16)11-17-14(18)12-7-3-4-8-13(12)15(19)20/h12-13H,2-11H2,1H3,(H,17,18)(H,19,20)/t12-,13+/m1/s1. The molecule has 2 rings (SSSR count). The molecular formula is C16H27NO3. The van der Waals surface area contributed by atoms with Gasteiger partial charge < -0.3 is 10.4 Å². The average Bonchev–Trinajstić information content (AvgIpc) is 2.45. The fourth-order valence-corrected chi connectivity index (χ4v) is 3.75. The predicted molar refractivity (Wildman–Crippen MR) is 77.3 cm³/mol. The highest BCUT2D eigenvalue weighted by atomic mass is 16.4. The predicted octanol–water partition coefficient (Wildman–Crippen LogP) is 2.96. The third-order valence-corrected chi connectivity index (χ3v) is 5.17. The monoisotopic (exact) mass is 281 g/mol. The smallest absolute Gasteiger partial charge is 0.307 e. The summed E-state index contributed by atoms with van der Waals surface area (Å²) >= 11 is 0. The number of carboxylic acids is 1. The van der Waals surface area contributed by atoms with Crippen LogP contribution in [0.3, 0.4) is 0 Å². The van der Waals surface area contributed by atoms with Crippen molar-refractivity contribution in [3.63, 3.8) is 0 Å². The zero-order chi connectivity index (χ0) is 14.6. The van der Waals surface area contributed by atoms with Crippen LogP contribution in [0.2, 0.25) is 0 Å². The van der Waals surface area contributed by atoms with Crippen LogP contribution in [0.15, 0.2) is 0 Å². The van der Waals surface area contributed by atoms with Gasteiger partial charge in [-0.2, -0.15) is 0 Å². The Balaban J connectivity index is 1.88. The van der Waals surface area contributed by atoms with Crippen molar-refractivity contribution >= 4 is 11.9 Å². The quantitative estimate of drug-likeness (QED) is 0.832. The lowest BCUT2D eigenvalue weighted by Gasteiger charge is -2.35. The maximum atomic E-state index is 12.3. The molecule has 0 radical (unpaired) electrons. The Morgan fingerprint density at radius 3 is 2.25 bits per heavy atom. The molecule has 2 aliphatic rings. The van der Waals surface area contributed by atoms with E-state index in [1.54, 1.807) is 0 Å². The van der Waals surface area contributed by atoms with E-state index in [4.69, 9.17) is 0 Å². The normalized spacial score (nSPS) is 29.6. The van der Waals surface area contributed by atoms with Gasteiger partial charge in [0.25, 0.3) is 0 Å². The maximum absolute atomic E-state index is 12.3. The molecule has 0 aromatic heterocycles. The van der Waals surface area contributed by atoms with E-state index in [0.29, 0.717) is 13.0 Å². The van der Waals surface area contributed by atoms with Gasteiger partial charge in [-0.1, -0.05) is 39.0 Å². The molecule has 2 saturated carbocycles. The molecule has 2 atom stereocenters. The van der Waals surface area contributed by atoms with Crippen molar-refractivity contribution in [2.45, 2.75) is 64.7 Å². The molecule has 0 aromatic carbocycles. The third-order valence-electron chi connectivity index (χ3n) is 5.17. The van der Waals surface area contributed by atoms with E-state index in [2.05, 4.69) is 12.2 Å². The molecule has 2 N–H and O–H groups in total. The summed E-state index contributed by atoms with van der Waals surface area (Å²) in [5, 5.41) is 12.3. The van der Waals surface area contributed by atoms with E-state index in [1.165, 1.54) is 32.1 Å². The fraction of sp³-hybridized carbons (Fsp3) is 0.875. The van der Waals surface area contributed by atoms with Gasteiger partial charge in [-0.3, -0.25) is 9.59 Å². The average molecular weight is 281 g/mol. The van der Waals surface area contributed by atoms with Crippen molar-refractivity contribution in [2.75, 3.05) is 6.54 Å². The first-order valence-corrected chi connectivity index (χ1v) is 8.02. The lowest BCUT2D eigenvalue weighted by Crippen LogP contribution is -2.44. The summed E-state index contributed by atoms with van der Waals surface area (Å²) in [6, 6.07) is 0. The Labute approximate surface area is 121 Å². The number of carboxylic acid groups (broad SMARTS) is 1. The first-order chi connectivity index (χ1) is 9.52. The van der Waals surface area contributed by atoms with Crippen molar-refractivity contribution in [1.29, 1.82) is 0 Å². The Bertz CT molecular complexity index is 361. The van der Waals surface area contributed by atoms with Gasteiger partial charge in [0, 0.05) is 6.54 Å². The van der Waals surface area contributed by atoms with Crippen LogP contribution in [0, 0.1) is 17.3 Å². The lowest BCUT2D eigenvalue weighted by atomic mass is 9.75. The molecule has 4 heteroatoms. The van der Waals surface area contributed by atoms with Gasteiger partial charge in [-0.15, -0.1) is 0 Å².